The van der Waals surface area contributed by atoms with Gasteiger partial charge in [-0.3, -0.25) is 4.79 Å². The van der Waals surface area contributed by atoms with Gasteiger partial charge >= 0.3 is 0 Å². The highest BCUT2D eigenvalue weighted by molar-refractivity contribution is 5.98. The predicted octanol–water partition coefficient (Wildman–Crippen LogP) is 3.20. The third-order valence-electron chi connectivity index (χ3n) is 3.68. The smallest absolute Gasteiger partial charge is 0.165 e. The fourth-order valence-electron chi connectivity index (χ4n) is 2.67. The van der Waals surface area contributed by atoms with Gasteiger partial charge in [-0.05, 0) is 25.8 Å². The van der Waals surface area contributed by atoms with Crippen molar-refractivity contribution in [2.45, 2.75) is 32.4 Å². The summed E-state index contributed by atoms with van der Waals surface area (Å²) < 4.78 is 1.91. The standard InChI is InChI=1S/C15H17N3O/c1-10-8-14(12-6-4-3-5-7-12)17-15-13(11(2)19)9-16-18(10)15/h3-7,9-10,14,17H,8H2,1-2H3. The number of hydrogen-bond acceptors (Lipinski definition) is 3. The fraction of sp³-hybridized carbons (Fsp3) is 0.333. The minimum Gasteiger partial charge on any atom is -0.363 e. The van der Waals surface area contributed by atoms with Gasteiger partial charge in [0, 0.05) is 0 Å². The van der Waals surface area contributed by atoms with Crippen molar-refractivity contribution in [3.63, 3.8) is 0 Å². The molecule has 0 radical (unpaired) electrons. The second-order valence-corrected chi connectivity index (χ2v) is 5.10. The van der Waals surface area contributed by atoms with Gasteiger partial charge in [0.2, 0.25) is 0 Å². The van der Waals surface area contributed by atoms with Crippen molar-refractivity contribution < 1.29 is 4.79 Å². The Kier molecular flexibility index (Phi) is 2.85. The van der Waals surface area contributed by atoms with Crippen LogP contribution in [0.25, 0.3) is 0 Å². The van der Waals surface area contributed by atoms with Gasteiger partial charge in [0.1, 0.15) is 5.82 Å². The van der Waals surface area contributed by atoms with Crippen molar-refractivity contribution in [1.29, 1.82) is 0 Å². The maximum absolute atomic E-state index is 11.6. The Labute approximate surface area is 112 Å². The molecule has 2 unspecified atom stereocenters. The van der Waals surface area contributed by atoms with Crippen molar-refractivity contribution in [3.05, 3.63) is 47.7 Å². The number of ketones is 1. The third kappa shape index (κ3) is 2.03. The molecule has 0 spiro atoms. The van der Waals surface area contributed by atoms with Gasteiger partial charge in [-0.15, -0.1) is 0 Å². The lowest BCUT2D eigenvalue weighted by atomic mass is 9.98. The number of carbonyl (C=O) groups excluding carboxylic acids is 1. The highest BCUT2D eigenvalue weighted by Gasteiger charge is 2.28. The molecule has 1 N–H and O–H groups in total. The number of carbonyl (C=O) groups is 1. The number of rotatable bonds is 2. The van der Waals surface area contributed by atoms with Crippen LogP contribution in [0.1, 0.15) is 48.3 Å². The molecule has 1 aromatic carbocycles. The van der Waals surface area contributed by atoms with Crippen molar-refractivity contribution in [2.24, 2.45) is 0 Å². The van der Waals surface area contributed by atoms with Crippen molar-refractivity contribution in [1.82, 2.24) is 9.78 Å². The third-order valence-corrected chi connectivity index (χ3v) is 3.68. The van der Waals surface area contributed by atoms with E-state index in [1.54, 1.807) is 13.1 Å². The van der Waals surface area contributed by atoms with Gasteiger partial charge in [-0.1, -0.05) is 30.3 Å². The Morgan fingerprint density at radius 2 is 2.11 bits per heavy atom. The van der Waals surface area contributed by atoms with Crippen LogP contribution in [0.15, 0.2) is 36.5 Å². The molecule has 19 heavy (non-hydrogen) atoms. The minimum absolute atomic E-state index is 0.0506. The summed E-state index contributed by atoms with van der Waals surface area (Å²) in [7, 11) is 0. The number of anilines is 1. The maximum Gasteiger partial charge on any atom is 0.165 e. The molecule has 0 saturated heterocycles. The van der Waals surface area contributed by atoms with E-state index in [1.807, 2.05) is 22.9 Å². The second kappa shape index (κ2) is 4.53. The summed E-state index contributed by atoms with van der Waals surface area (Å²) in [6.45, 7) is 3.72. The topological polar surface area (TPSA) is 46.9 Å². The molecule has 1 aromatic heterocycles. The highest BCUT2D eigenvalue weighted by Crippen LogP contribution is 2.36. The van der Waals surface area contributed by atoms with Gasteiger partial charge < -0.3 is 5.32 Å². The Bertz CT molecular complexity index is 603. The molecular formula is C15H17N3O. The van der Waals surface area contributed by atoms with Crippen LogP contribution in [0, 0.1) is 0 Å². The maximum atomic E-state index is 11.6. The Hall–Kier alpha value is -2.10. The van der Waals surface area contributed by atoms with Crippen LogP contribution in [0.3, 0.4) is 0 Å². The minimum atomic E-state index is 0.0506. The molecule has 98 valence electrons. The van der Waals surface area contributed by atoms with E-state index < -0.39 is 0 Å². The SMILES string of the molecule is CC(=O)c1cnn2c1NC(c1ccccc1)CC2C. The van der Waals surface area contributed by atoms with Crippen LogP contribution in [0.4, 0.5) is 5.82 Å². The first-order chi connectivity index (χ1) is 9.16. The highest BCUT2D eigenvalue weighted by atomic mass is 16.1. The monoisotopic (exact) mass is 255 g/mol. The van der Waals surface area contributed by atoms with Gasteiger partial charge in [-0.2, -0.15) is 5.10 Å². The number of aromatic nitrogens is 2. The van der Waals surface area contributed by atoms with Gasteiger partial charge in [0.25, 0.3) is 0 Å². The molecule has 2 heterocycles. The van der Waals surface area contributed by atoms with E-state index in [-0.39, 0.29) is 17.9 Å². The number of fused-ring (bicyclic) bond motifs is 1. The first kappa shape index (κ1) is 12.0. The number of nitrogens with one attached hydrogen (secondary N) is 1. The van der Waals surface area contributed by atoms with E-state index in [2.05, 4.69) is 29.5 Å². The molecule has 1 aliphatic rings. The van der Waals surface area contributed by atoms with Crippen LogP contribution in [0.5, 0.6) is 0 Å². The van der Waals surface area contributed by atoms with E-state index in [9.17, 15) is 4.79 Å². The molecule has 0 bridgehead atoms. The van der Waals surface area contributed by atoms with Crippen LogP contribution >= 0.6 is 0 Å². The van der Waals surface area contributed by atoms with Crippen LogP contribution in [-0.4, -0.2) is 15.6 Å². The van der Waals surface area contributed by atoms with E-state index >= 15 is 0 Å². The lowest BCUT2D eigenvalue weighted by molar-refractivity contribution is 0.101. The zero-order chi connectivity index (χ0) is 13.4. The summed E-state index contributed by atoms with van der Waals surface area (Å²) in [6, 6.07) is 10.8. The summed E-state index contributed by atoms with van der Waals surface area (Å²) in [4.78, 5) is 11.6. The number of nitrogens with zero attached hydrogens (tertiary/aromatic N) is 2. The molecule has 2 aromatic rings. The Balaban J connectivity index is 1.99. The van der Waals surface area contributed by atoms with Crippen LogP contribution in [-0.2, 0) is 0 Å². The predicted molar refractivity (Wildman–Crippen MR) is 74.4 cm³/mol. The van der Waals surface area contributed by atoms with Gasteiger partial charge in [0.05, 0.1) is 23.8 Å². The first-order valence-electron chi connectivity index (χ1n) is 6.56. The lowest BCUT2D eigenvalue weighted by Crippen LogP contribution is -2.26. The normalized spacial score (nSPS) is 21.6. The molecule has 1 aliphatic heterocycles. The van der Waals surface area contributed by atoms with Crippen molar-refractivity contribution in [3.8, 4) is 0 Å². The zero-order valence-electron chi connectivity index (χ0n) is 11.1. The Morgan fingerprint density at radius 3 is 2.79 bits per heavy atom. The lowest BCUT2D eigenvalue weighted by Gasteiger charge is -2.31. The molecular weight excluding hydrogens is 238 g/mol. The van der Waals surface area contributed by atoms with E-state index in [1.165, 1.54) is 5.56 Å². The zero-order valence-corrected chi connectivity index (χ0v) is 11.1. The summed E-state index contributed by atoms with van der Waals surface area (Å²) >= 11 is 0. The molecule has 0 aliphatic carbocycles. The van der Waals surface area contributed by atoms with Gasteiger partial charge in [0.15, 0.2) is 5.78 Å². The fourth-order valence-corrected chi connectivity index (χ4v) is 2.67. The average Bonchev–Trinajstić information content (AvgIpc) is 2.84. The largest absolute Gasteiger partial charge is 0.363 e. The Morgan fingerprint density at radius 1 is 1.37 bits per heavy atom. The number of hydrogen-bond donors (Lipinski definition) is 1. The van der Waals surface area contributed by atoms with Crippen LogP contribution < -0.4 is 5.32 Å². The molecule has 4 nitrogen and oxygen atoms in total. The first-order valence-corrected chi connectivity index (χ1v) is 6.56. The van der Waals surface area contributed by atoms with Gasteiger partial charge in [-0.25, -0.2) is 4.68 Å². The summed E-state index contributed by atoms with van der Waals surface area (Å²) in [5, 5.41) is 7.77. The second-order valence-electron chi connectivity index (χ2n) is 5.10. The average molecular weight is 255 g/mol. The number of benzene rings is 1. The summed E-state index contributed by atoms with van der Waals surface area (Å²) in [6.07, 6.45) is 2.63. The molecule has 4 heteroatoms. The quantitative estimate of drug-likeness (QED) is 0.838. The van der Waals surface area contributed by atoms with Crippen LogP contribution in [0.2, 0.25) is 0 Å². The number of Topliss-reactive ketones (excluding diaryl/α,β-unsaturated/α-hetero) is 1. The molecule has 2 atom stereocenters. The molecule has 0 amide bonds. The van der Waals surface area contributed by atoms with E-state index in [4.69, 9.17) is 0 Å². The molecule has 0 fully saturated rings. The van der Waals surface area contributed by atoms with Crippen molar-refractivity contribution in [2.75, 3.05) is 5.32 Å². The van der Waals surface area contributed by atoms with E-state index in [0.29, 0.717) is 5.56 Å². The summed E-state index contributed by atoms with van der Waals surface area (Å²) in [5.41, 5.74) is 1.92. The van der Waals surface area contributed by atoms with Crippen molar-refractivity contribution >= 4 is 11.6 Å². The molecule has 0 saturated carbocycles. The molecule has 3 rings (SSSR count). The van der Waals surface area contributed by atoms with E-state index in [0.717, 1.165) is 12.2 Å². The summed E-state index contributed by atoms with van der Waals surface area (Å²) in [5.74, 6) is 0.898.